The second-order valence-electron chi connectivity index (χ2n) is 14.5. The van der Waals surface area contributed by atoms with E-state index in [-0.39, 0.29) is 29.6 Å². The van der Waals surface area contributed by atoms with Gasteiger partial charge < -0.3 is 28.9 Å². The number of hydrogen-bond acceptors (Lipinski definition) is 6. The number of nitrogens with zero attached hydrogens (tertiary/aromatic N) is 1. The molecule has 0 aliphatic heterocycles. The van der Waals surface area contributed by atoms with Crippen LogP contribution in [0.25, 0.3) is 33.4 Å². The number of ether oxygens (including phenoxy) is 2. The van der Waals surface area contributed by atoms with Gasteiger partial charge in [0.05, 0.1) is 11.7 Å². The van der Waals surface area contributed by atoms with Crippen molar-refractivity contribution in [3.63, 3.8) is 0 Å². The Kier molecular flexibility index (Phi) is 19.4. The Hall–Kier alpha value is -5.28. The summed E-state index contributed by atoms with van der Waals surface area (Å²) in [5.41, 5.74) is 8.64. The Balaban J connectivity index is 0.000000554. The molecule has 1 unspecified atom stereocenters. The van der Waals surface area contributed by atoms with Crippen molar-refractivity contribution in [1.82, 2.24) is 5.32 Å². The lowest BCUT2D eigenvalue weighted by atomic mass is 9.85. The monoisotopic (exact) mass is 784 g/mol. The van der Waals surface area contributed by atoms with Gasteiger partial charge in [0.15, 0.2) is 0 Å². The second-order valence-corrected chi connectivity index (χ2v) is 14.5. The summed E-state index contributed by atoms with van der Waals surface area (Å²) in [6, 6.07) is 21.5. The summed E-state index contributed by atoms with van der Waals surface area (Å²) in [4.78, 5) is 23.2. The van der Waals surface area contributed by atoms with Crippen LogP contribution in [-0.2, 0) is 9.53 Å². The van der Waals surface area contributed by atoms with Gasteiger partial charge in [-0.25, -0.2) is 8.78 Å². The van der Waals surface area contributed by atoms with Crippen LogP contribution in [-0.4, -0.2) is 54.2 Å². The lowest BCUT2D eigenvalue weighted by Gasteiger charge is -2.24. The third-order valence-electron chi connectivity index (χ3n) is 9.03. The minimum atomic E-state index is -0.349. The number of carbonyl (C=O) groups excluding carboxylic acids is 2. The highest BCUT2D eigenvalue weighted by Crippen LogP contribution is 2.50. The van der Waals surface area contributed by atoms with E-state index in [0.717, 1.165) is 44.8 Å². The lowest BCUT2D eigenvalue weighted by Crippen LogP contribution is -2.18. The van der Waals surface area contributed by atoms with E-state index in [0.29, 0.717) is 33.8 Å². The molecule has 1 aromatic heterocycles. The number of carbonyl (C=O) groups is 2. The number of halogens is 2. The van der Waals surface area contributed by atoms with Crippen molar-refractivity contribution in [2.75, 3.05) is 40.3 Å². The van der Waals surface area contributed by atoms with Gasteiger partial charge in [0, 0.05) is 75.1 Å². The molecule has 4 aromatic carbocycles. The summed E-state index contributed by atoms with van der Waals surface area (Å²) in [6.45, 7) is 20.5. The zero-order chi connectivity index (χ0) is 43.0. The molecule has 7 nitrogen and oxygen atoms in total. The number of nitrogens with one attached hydrogen (secondary N) is 1. The van der Waals surface area contributed by atoms with Gasteiger partial charge in [0.2, 0.25) is 0 Å². The van der Waals surface area contributed by atoms with E-state index in [9.17, 15) is 13.6 Å². The molecule has 0 saturated heterocycles. The topological polar surface area (TPSA) is 81.0 Å². The van der Waals surface area contributed by atoms with Gasteiger partial charge in [-0.15, -0.1) is 0 Å². The number of rotatable bonds is 9. The van der Waals surface area contributed by atoms with Crippen LogP contribution in [0.2, 0.25) is 0 Å². The van der Waals surface area contributed by atoms with Gasteiger partial charge in [0.25, 0.3) is 5.91 Å². The van der Waals surface area contributed by atoms with Crippen molar-refractivity contribution in [1.29, 1.82) is 0 Å². The quantitative estimate of drug-likeness (QED) is 0.150. The van der Waals surface area contributed by atoms with Crippen LogP contribution in [0.1, 0.15) is 86.8 Å². The number of methoxy groups -OCH3 is 1. The molecule has 9 heteroatoms. The molecule has 6 rings (SSSR count). The number of amides is 1. The number of fused-ring (bicyclic) bond motifs is 1. The molecule has 57 heavy (non-hydrogen) atoms. The molecule has 1 aliphatic rings. The maximum absolute atomic E-state index is 13.7. The summed E-state index contributed by atoms with van der Waals surface area (Å²) in [6.07, 6.45) is 3.68. The zero-order valence-electron chi connectivity index (χ0n) is 35.9. The van der Waals surface area contributed by atoms with Crippen molar-refractivity contribution < 1.29 is 32.3 Å². The normalized spacial score (nSPS) is 12.0. The zero-order valence-corrected chi connectivity index (χ0v) is 35.9. The van der Waals surface area contributed by atoms with Gasteiger partial charge in [-0.3, -0.25) is 4.79 Å². The predicted molar refractivity (Wildman–Crippen MR) is 233 cm³/mol. The Bertz CT molecular complexity index is 2030. The standard InChI is InChI=1S/C34H37FN2O3.C8H9F.C3H8.C2H6O.CH2O/c1-19(2)31(21-8-9-21)26-16-23(12-15-29(26)39-20(3)4)25-17-27-30(18-28(25)37(6)7)40-33(32(27)34(38)36-5)22-10-13-24(35)14-11-22;1-6-4-3-5-8(9)7(6)2;2*1-3-2;1-2/h10-18,20-21,31H,1,8-9H2,2-7H3,(H,36,38);3-5H,1-2H3;3H2,1-2H3;1-2H3;1H2. The highest BCUT2D eigenvalue weighted by molar-refractivity contribution is 6.12. The first kappa shape index (κ1) is 47.9. The van der Waals surface area contributed by atoms with Crippen LogP contribution in [0.3, 0.4) is 0 Å². The maximum atomic E-state index is 13.7. The summed E-state index contributed by atoms with van der Waals surface area (Å²) >= 11 is 0. The highest BCUT2D eigenvalue weighted by Gasteiger charge is 2.35. The highest BCUT2D eigenvalue weighted by atomic mass is 19.1. The van der Waals surface area contributed by atoms with Gasteiger partial charge >= 0.3 is 0 Å². The molecule has 308 valence electrons. The molecule has 0 spiro atoms. The molecule has 1 aliphatic carbocycles. The van der Waals surface area contributed by atoms with Gasteiger partial charge in [-0.05, 0) is 119 Å². The molecule has 1 saturated carbocycles. The molecule has 1 heterocycles. The average Bonchev–Trinajstić information content (AvgIpc) is 3.94. The minimum absolute atomic E-state index is 0.0502. The van der Waals surface area contributed by atoms with Gasteiger partial charge in [0.1, 0.15) is 35.5 Å². The molecule has 0 bridgehead atoms. The first-order chi connectivity index (χ1) is 27.1. The fraction of sp³-hybridized carbons (Fsp3) is 0.375. The number of aryl methyl sites for hydroxylation is 1. The molecule has 1 amide bonds. The van der Waals surface area contributed by atoms with Crippen molar-refractivity contribution in [2.24, 2.45) is 5.92 Å². The smallest absolute Gasteiger partial charge is 0.255 e. The Morgan fingerprint density at radius 2 is 1.53 bits per heavy atom. The van der Waals surface area contributed by atoms with Crippen LogP contribution < -0.4 is 15.0 Å². The summed E-state index contributed by atoms with van der Waals surface area (Å²) in [7, 11) is 8.83. The fourth-order valence-corrected chi connectivity index (χ4v) is 6.28. The average molecular weight is 785 g/mol. The van der Waals surface area contributed by atoms with E-state index >= 15 is 0 Å². The Labute approximate surface area is 339 Å². The Morgan fingerprint density at radius 1 is 0.947 bits per heavy atom. The minimum Gasteiger partial charge on any atom is -0.491 e. The maximum Gasteiger partial charge on any atom is 0.255 e. The summed E-state index contributed by atoms with van der Waals surface area (Å²) in [5.74, 6) is 1.37. The van der Waals surface area contributed by atoms with E-state index in [1.807, 2.05) is 64.8 Å². The van der Waals surface area contributed by atoms with Crippen molar-refractivity contribution in [3.05, 3.63) is 119 Å². The van der Waals surface area contributed by atoms with E-state index in [4.69, 9.17) is 13.9 Å². The molecule has 1 fully saturated rings. The fourth-order valence-electron chi connectivity index (χ4n) is 6.28. The molecule has 1 N–H and O–H groups in total. The third-order valence-corrected chi connectivity index (χ3v) is 9.03. The predicted octanol–water partition coefficient (Wildman–Crippen LogP) is 12.1. The van der Waals surface area contributed by atoms with Crippen LogP contribution in [0.15, 0.2) is 89.4 Å². The van der Waals surface area contributed by atoms with Crippen LogP contribution >= 0.6 is 0 Å². The molecular formula is C48H62F2N2O5. The number of anilines is 1. The lowest BCUT2D eigenvalue weighted by molar-refractivity contribution is -0.0980. The van der Waals surface area contributed by atoms with E-state index in [2.05, 4.69) is 55.6 Å². The van der Waals surface area contributed by atoms with Gasteiger partial charge in [-0.2, -0.15) is 0 Å². The van der Waals surface area contributed by atoms with E-state index in [1.54, 1.807) is 46.4 Å². The number of allylic oxidation sites excluding steroid dienone is 1. The molecule has 1 atom stereocenters. The van der Waals surface area contributed by atoms with Crippen molar-refractivity contribution >= 4 is 29.4 Å². The summed E-state index contributed by atoms with van der Waals surface area (Å²) < 4.78 is 43.1. The molecular weight excluding hydrogens is 723 g/mol. The third kappa shape index (κ3) is 12.9. The van der Waals surface area contributed by atoms with Crippen LogP contribution in [0.5, 0.6) is 5.75 Å². The van der Waals surface area contributed by atoms with Crippen molar-refractivity contribution in [3.8, 4) is 28.2 Å². The molecule has 5 aromatic rings. The SMILES string of the molecule is C=C(C)C(c1cc(-c2cc3c(C(=O)NC)c(-c4ccc(F)cc4)oc3cc2N(C)C)ccc1OC(C)C)C1CC1.C=O.CCC.COC.Cc1cccc(F)c1C. The number of benzene rings is 4. The Morgan fingerprint density at radius 3 is 2.00 bits per heavy atom. The second kappa shape index (κ2) is 23.1. The number of furan rings is 1. The van der Waals surface area contributed by atoms with Gasteiger partial charge in [-0.1, -0.05) is 50.6 Å². The first-order valence-corrected chi connectivity index (χ1v) is 19.3. The van der Waals surface area contributed by atoms with Crippen LogP contribution in [0.4, 0.5) is 14.5 Å². The largest absolute Gasteiger partial charge is 0.491 e. The van der Waals surface area contributed by atoms with Crippen LogP contribution in [0, 0.1) is 31.4 Å². The first-order valence-electron chi connectivity index (χ1n) is 19.3. The molecule has 0 radical (unpaired) electrons. The number of hydrogen-bond donors (Lipinski definition) is 1. The summed E-state index contributed by atoms with van der Waals surface area (Å²) in [5, 5.41) is 3.45. The van der Waals surface area contributed by atoms with E-state index in [1.165, 1.54) is 37.5 Å². The van der Waals surface area contributed by atoms with E-state index < -0.39 is 0 Å². The van der Waals surface area contributed by atoms with Crippen molar-refractivity contribution in [2.45, 2.75) is 79.8 Å².